The van der Waals surface area contributed by atoms with Gasteiger partial charge in [0.25, 0.3) is 0 Å². The van der Waals surface area contributed by atoms with Crippen LogP contribution in [0.1, 0.15) is 24.4 Å². The molecule has 1 atom stereocenters. The third-order valence-corrected chi connectivity index (χ3v) is 2.07. The van der Waals surface area contributed by atoms with Crippen LogP contribution in [0.2, 0.25) is 0 Å². The number of rotatable bonds is 4. The second-order valence-electron chi connectivity index (χ2n) is 3.17. The molecule has 0 saturated carbocycles. The van der Waals surface area contributed by atoms with Crippen LogP contribution in [0.3, 0.4) is 0 Å². The highest BCUT2D eigenvalue weighted by Gasteiger charge is 2.28. The van der Waals surface area contributed by atoms with Gasteiger partial charge in [0.15, 0.2) is 0 Å². The van der Waals surface area contributed by atoms with Crippen molar-refractivity contribution in [2.45, 2.75) is 25.1 Å². The van der Waals surface area contributed by atoms with E-state index in [1.54, 1.807) is 13.1 Å². The summed E-state index contributed by atoms with van der Waals surface area (Å²) < 4.78 is 36.0. The highest BCUT2D eigenvalue weighted by Crippen LogP contribution is 2.26. The third kappa shape index (κ3) is 4.24. The van der Waals surface area contributed by atoms with E-state index < -0.39 is 12.6 Å². The van der Waals surface area contributed by atoms with Gasteiger partial charge >= 0.3 is 6.18 Å². The van der Waals surface area contributed by atoms with E-state index in [0.717, 1.165) is 5.56 Å². The standard InChI is InChI=1S/C9H12F3N3/c1-13-8(2-4-9(10,11)12)7-3-5-14-15-6-7/h3,5-6,8,13H,2,4H2,1H3. The minimum absolute atomic E-state index is 0.00565. The molecule has 1 unspecified atom stereocenters. The van der Waals surface area contributed by atoms with Crippen molar-refractivity contribution in [3.05, 3.63) is 24.0 Å². The van der Waals surface area contributed by atoms with Crippen LogP contribution in [0, 0.1) is 0 Å². The Morgan fingerprint density at radius 2 is 2.13 bits per heavy atom. The van der Waals surface area contributed by atoms with Gasteiger partial charge in [-0.05, 0) is 25.1 Å². The lowest BCUT2D eigenvalue weighted by Crippen LogP contribution is -2.19. The van der Waals surface area contributed by atoms with Gasteiger partial charge in [0.1, 0.15) is 0 Å². The summed E-state index contributed by atoms with van der Waals surface area (Å²) in [5.74, 6) is 0. The van der Waals surface area contributed by atoms with Crippen LogP contribution in [-0.2, 0) is 0 Å². The van der Waals surface area contributed by atoms with Gasteiger partial charge in [-0.3, -0.25) is 0 Å². The number of aromatic nitrogens is 2. The average molecular weight is 219 g/mol. The number of hydrogen-bond donors (Lipinski definition) is 1. The van der Waals surface area contributed by atoms with E-state index in [1.807, 2.05) is 0 Å². The van der Waals surface area contributed by atoms with Crippen LogP contribution in [0.5, 0.6) is 0 Å². The molecule has 15 heavy (non-hydrogen) atoms. The van der Waals surface area contributed by atoms with Gasteiger partial charge in [-0.15, -0.1) is 0 Å². The van der Waals surface area contributed by atoms with Gasteiger partial charge in [-0.2, -0.15) is 23.4 Å². The molecule has 0 radical (unpaired) electrons. The Labute approximate surface area is 85.7 Å². The first kappa shape index (κ1) is 11.9. The first-order valence-corrected chi connectivity index (χ1v) is 4.53. The molecule has 1 aromatic rings. The zero-order valence-corrected chi connectivity index (χ0v) is 8.25. The summed E-state index contributed by atoms with van der Waals surface area (Å²) in [4.78, 5) is 0. The van der Waals surface area contributed by atoms with Crippen molar-refractivity contribution in [3.63, 3.8) is 0 Å². The van der Waals surface area contributed by atoms with Gasteiger partial charge in [-0.25, -0.2) is 0 Å². The quantitative estimate of drug-likeness (QED) is 0.842. The first-order chi connectivity index (χ1) is 7.03. The van der Waals surface area contributed by atoms with Crippen LogP contribution in [0.25, 0.3) is 0 Å². The molecular formula is C9H12F3N3. The fourth-order valence-corrected chi connectivity index (χ4v) is 1.29. The van der Waals surface area contributed by atoms with E-state index in [0.29, 0.717) is 0 Å². The normalized spacial score (nSPS) is 13.9. The number of alkyl halides is 3. The molecule has 0 aromatic carbocycles. The lowest BCUT2D eigenvalue weighted by atomic mass is 10.0. The molecule has 3 nitrogen and oxygen atoms in total. The summed E-state index contributed by atoms with van der Waals surface area (Å²) in [6.07, 6.45) is -1.98. The zero-order chi connectivity index (χ0) is 11.3. The SMILES string of the molecule is CNC(CCC(F)(F)F)c1ccnnc1. The zero-order valence-electron chi connectivity index (χ0n) is 8.25. The van der Waals surface area contributed by atoms with E-state index in [4.69, 9.17) is 0 Å². The molecule has 6 heteroatoms. The maximum absolute atomic E-state index is 12.0. The summed E-state index contributed by atoms with van der Waals surface area (Å²) in [5.41, 5.74) is 0.719. The second kappa shape index (κ2) is 5.06. The van der Waals surface area contributed by atoms with Gasteiger partial charge < -0.3 is 5.32 Å². The van der Waals surface area contributed by atoms with Gasteiger partial charge in [0.2, 0.25) is 0 Å². The van der Waals surface area contributed by atoms with Gasteiger partial charge in [-0.1, -0.05) is 0 Å². The van der Waals surface area contributed by atoms with Crippen LogP contribution in [0.4, 0.5) is 13.2 Å². The van der Waals surface area contributed by atoms with Crippen LogP contribution in [-0.4, -0.2) is 23.4 Å². The van der Waals surface area contributed by atoms with Crippen molar-refractivity contribution in [2.75, 3.05) is 7.05 Å². The number of hydrogen-bond acceptors (Lipinski definition) is 3. The molecule has 0 fully saturated rings. The maximum Gasteiger partial charge on any atom is 0.389 e. The summed E-state index contributed by atoms with van der Waals surface area (Å²) in [5, 5.41) is 10.0. The van der Waals surface area contributed by atoms with Crippen LogP contribution in [0.15, 0.2) is 18.5 Å². The monoisotopic (exact) mass is 219 g/mol. The molecule has 1 aromatic heterocycles. The highest BCUT2D eigenvalue weighted by atomic mass is 19.4. The largest absolute Gasteiger partial charge is 0.389 e. The van der Waals surface area contributed by atoms with Crippen molar-refractivity contribution >= 4 is 0 Å². The Balaban J connectivity index is 2.58. The summed E-state index contributed by atoms with van der Waals surface area (Å²) in [6.45, 7) is 0. The average Bonchev–Trinajstić information content (AvgIpc) is 2.19. The lowest BCUT2D eigenvalue weighted by Gasteiger charge is -2.16. The Kier molecular flexibility index (Phi) is 4.02. The van der Waals surface area contributed by atoms with Crippen molar-refractivity contribution in [1.82, 2.24) is 15.5 Å². The molecule has 0 aliphatic rings. The number of nitrogens with zero attached hydrogens (tertiary/aromatic N) is 2. The molecule has 0 bridgehead atoms. The molecule has 0 aliphatic carbocycles. The minimum atomic E-state index is -4.12. The minimum Gasteiger partial charge on any atom is -0.313 e. The van der Waals surface area contributed by atoms with Crippen molar-refractivity contribution in [2.24, 2.45) is 0 Å². The van der Waals surface area contributed by atoms with Crippen molar-refractivity contribution in [1.29, 1.82) is 0 Å². The van der Waals surface area contributed by atoms with Crippen molar-refractivity contribution < 1.29 is 13.2 Å². The molecular weight excluding hydrogens is 207 g/mol. The molecule has 0 saturated heterocycles. The molecule has 1 rings (SSSR count). The van der Waals surface area contributed by atoms with Gasteiger partial charge in [0.05, 0.1) is 6.20 Å². The van der Waals surface area contributed by atoms with E-state index in [1.165, 1.54) is 12.4 Å². The van der Waals surface area contributed by atoms with E-state index in [2.05, 4.69) is 15.5 Å². The van der Waals surface area contributed by atoms with Crippen LogP contribution < -0.4 is 5.32 Å². The fraction of sp³-hybridized carbons (Fsp3) is 0.556. The first-order valence-electron chi connectivity index (χ1n) is 4.53. The Bertz CT molecular complexity index is 286. The fourth-order valence-electron chi connectivity index (χ4n) is 1.29. The van der Waals surface area contributed by atoms with Crippen LogP contribution >= 0.6 is 0 Å². The van der Waals surface area contributed by atoms with E-state index in [9.17, 15) is 13.2 Å². The number of nitrogens with one attached hydrogen (secondary N) is 1. The predicted molar refractivity (Wildman–Crippen MR) is 49.1 cm³/mol. The van der Waals surface area contributed by atoms with E-state index >= 15 is 0 Å². The number of halogens is 3. The Hall–Kier alpha value is -1.17. The lowest BCUT2D eigenvalue weighted by molar-refractivity contribution is -0.136. The maximum atomic E-state index is 12.0. The molecule has 0 aliphatic heterocycles. The smallest absolute Gasteiger partial charge is 0.313 e. The molecule has 1 N–H and O–H groups in total. The summed E-state index contributed by atoms with van der Waals surface area (Å²) >= 11 is 0. The topological polar surface area (TPSA) is 37.8 Å². The molecule has 84 valence electrons. The highest BCUT2D eigenvalue weighted by molar-refractivity contribution is 5.11. The summed E-state index contributed by atoms with van der Waals surface area (Å²) in [6, 6.07) is 1.33. The van der Waals surface area contributed by atoms with E-state index in [-0.39, 0.29) is 12.5 Å². The third-order valence-electron chi connectivity index (χ3n) is 2.07. The van der Waals surface area contributed by atoms with Gasteiger partial charge in [0, 0.05) is 18.7 Å². The Morgan fingerprint density at radius 3 is 2.60 bits per heavy atom. The van der Waals surface area contributed by atoms with Crippen molar-refractivity contribution in [3.8, 4) is 0 Å². The predicted octanol–water partition coefficient (Wildman–Crippen LogP) is 2.08. The molecule has 0 amide bonds. The second-order valence-corrected chi connectivity index (χ2v) is 3.17. The Morgan fingerprint density at radius 1 is 1.40 bits per heavy atom. The molecule has 1 heterocycles. The molecule has 0 spiro atoms. The summed E-state index contributed by atoms with van der Waals surface area (Å²) in [7, 11) is 1.63.